The molecule has 2 aromatic rings. The highest BCUT2D eigenvalue weighted by Gasteiger charge is 2.36. The molecule has 0 aliphatic heterocycles. The summed E-state index contributed by atoms with van der Waals surface area (Å²) >= 11 is 0. The first-order valence-electron chi connectivity index (χ1n) is 15.4. The Morgan fingerprint density at radius 3 is 1.82 bits per heavy atom. The highest BCUT2D eigenvalue weighted by molar-refractivity contribution is 5.79. The first-order chi connectivity index (χ1) is 18.9. The number of allylic oxidation sites excluding steroid dienone is 9. The smallest absolute Gasteiger partial charge is 0.00490 e. The van der Waals surface area contributed by atoms with Crippen molar-refractivity contribution in [1.29, 1.82) is 0 Å². The molecule has 0 N–H and O–H groups in total. The van der Waals surface area contributed by atoms with E-state index in [4.69, 9.17) is 0 Å². The molecule has 0 spiro atoms. The van der Waals surface area contributed by atoms with Crippen LogP contribution in [0.5, 0.6) is 0 Å². The van der Waals surface area contributed by atoms with Crippen molar-refractivity contribution in [2.75, 3.05) is 0 Å². The minimum Gasteiger partial charge on any atom is -0.0984 e. The summed E-state index contributed by atoms with van der Waals surface area (Å²) < 4.78 is 0. The van der Waals surface area contributed by atoms with Crippen molar-refractivity contribution in [2.45, 2.75) is 116 Å². The molecule has 0 saturated carbocycles. The zero-order valence-electron chi connectivity index (χ0n) is 28.9. The van der Waals surface area contributed by atoms with E-state index in [1.807, 2.05) is 60.6 Å². The molecule has 0 aliphatic rings. The molecule has 0 amide bonds. The Balaban J connectivity index is 0. The van der Waals surface area contributed by atoms with Gasteiger partial charge in [0, 0.05) is 0 Å². The molecule has 2 rings (SSSR count). The van der Waals surface area contributed by atoms with E-state index in [-0.39, 0.29) is 10.8 Å². The minimum atomic E-state index is 0.0132. The fourth-order valence-electron chi connectivity index (χ4n) is 4.14. The lowest BCUT2D eigenvalue weighted by Crippen LogP contribution is -2.34. The summed E-state index contributed by atoms with van der Waals surface area (Å²) in [5, 5.41) is 0. The SMILES string of the molecule is C=C/C(=C\C=C/C)c1ccc(C(C)(C)C(C)(C)C)c(/C(C)=C/C=C\Cc2c(C)cccc2C)c1.CC.CC.CC. The van der Waals surface area contributed by atoms with Crippen molar-refractivity contribution < 1.29 is 0 Å². The number of aryl methyl sites for hydroxylation is 2. The summed E-state index contributed by atoms with van der Waals surface area (Å²) in [5.41, 5.74) is 10.6. The molecule has 0 saturated heterocycles. The van der Waals surface area contributed by atoms with Gasteiger partial charge in [-0.3, -0.25) is 0 Å². The highest BCUT2D eigenvalue weighted by Crippen LogP contribution is 2.44. The Hall–Kier alpha value is -2.86. The molecule has 0 aliphatic carbocycles. The molecule has 0 aromatic heterocycles. The van der Waals surface area contributed by atoms with Crippen LogP contribution in [0.1, 0.15) is 123 Å². The van der Waals surface area contributed by atoms with Gasteiger partial charge in [-0.05, 0) is 95.5 Å². The monoisotopic (exact) mass is 542 g/mol. The number of hydrogen-bond donors (Lipinski definition) is 0. The predicted octanol–water partition coefficient (Wildman–Crippen LogP) is 13.1. The maximum Gasteiger partial charge on any atom is -0.00490 e. The molecule has 0 fully saturated rings. The van der Waals surface area contributed by atoms with Crippen LogP contribution in [0, 0.1) is 19.3 Å². The summed E-state index contributed by atoms with van der Waals surface area (Å²) in [6.07, 6.45) is 15.9. The maximum absolute atomic E-state index is 4.05. The Morgan fingerprint density at radius 2 is 1.35 bits per heavy atom. The van der Waals surface area contributed by atoms with E-state index in [0.29, 0.717) is 0 Å². The fraction of sp³-hybridized carbons (Fsp3) is 0.450. The van der Waals surface area contributed by atoms with E-state index in [0.717, 1.165) is 12.0 Å². The average molecular weight is 543 g/mol. The van der Waals surface area contributed by atoms with Crippen LogP contribution >= 0.6 is 0 Å². The van der Waals surface area contributed by atoms with Gasteiger partial charge in [0.25, 0.3) is 0 Å². The second kappa shape index (κ2) is 20.1. The normalized spacial score (nSPS) is 12.2. The Labute approximate surface area is 250 Å². The number of benzene rings is 2. The lowest BCUT2D eigenvalue weighted by atomic mass is 9.63. The lowest BCUT2D eigenvalue weighted by Gasteiger charge is -2.41. The highest BCUT2D eigenvalue weighted by atomic mass is 14.4. The van der Waals surface area contributed by atoms with E-state index in [1.165, 1.54) is 39.0 Å². The van der Waals surface area contributed by atoms with Crippen molar-refractivity contribution in [3.63, 3.8) is 0 Å². The summed E-state index contributed by atoms with van der Waals surface area (Å²) in [5.74, 6) is 0. The molecule has 2 aromatic carbocycles. The zero-order chi connectivity index (χ0) is 31.5. The van der Waals surface area contributed by atoms with Gasteiger partial charge in [0.2, 0.25) is 0 Å². The molecule has 0 heterocycles. The second-order valence-corrected chi connectivity index (χ2v) is 10.8. The largest absolute Gasteiger partial charge is 0.0984 e. The molecule has 0 unspecified atom stereocenters. The van der Waals surface area contributed by atoms with Crippen molar-refractivity contribution in [1.82, 2.24) is 0 Å². The van der Waals surface area contributed by atoms with Gasteiger partial charge in [-0.25, -0.2) is 0 Å². The third-order valence-electron chi connectivity index (χ3n) is 7.46. The van der Waals surface area contributed by atoms with Crippen LogP contribution in [-0.2, 0) is 11.8 Å². The van der Waals surface area contributed by atoms with E-state index >= 15 is 0 Å². The molecule has 0 atom stereocenters. The maximum atomic E-state index is 4.05. The van der Waals surface area contributed by atoms with Gasteiger partial charge in [0.05, 0.1) is 0 Å². The quantitative estimate of drug-likeness (QED) is 0.291. The van der Waals surface area contributed by atoms with Crippen LogP contribution in [0.15, 0.2) is 85.5 Å². The molecular weight excluding hydrogens is 480 g/mol. The lowest BCUT2D eigenvalue weighted by molar-refractivity contribution is 0.225. The third-order valence-corrected chi connectivity index (χ3v) is 7.46. The molecule has 222 valence electrons. The summed E-state index contributed by atoms with van der Waals surface area (Å²) in [6, 6.07) is 13.4. The average Bonchev–Trinajstić information content (AvgIpc) is 2.95. The van der Waals surface area contributed by atoms with Crippen LogP contribution in [0.3, 0.4) is 0 Å². The third kappa shape index (κ3) is 11.3. The molecule has 0 bridgehead atoms. The molecule has 0 heteroatoms. The van der Waals surface area contributed by atoms with Gasteiger partial charge in [-0.2, -0.15) is 0 Å². The van der Waals surface area contributed by atoms with Gasteiger partial charge < -0.3 is 0 Å². The van der Waals surface area contributed by atoms with Crippen molar-refractivity contribution in [3.8, 4) is 0 Å². The zero-order valence-corrected chi connectivity index (χ0v) is 28.9. The number of rotatable bonds is 8. The van der Waals surface area contributed by atoms with Crippen LogP contribution in [0.4, 0.5) is 0 Å². The van der Waals surface area contributed by atoms with Crippen molar-refractivity contribution >= 4 is 11.1 Å². The Bertz CT molecular complexity index is 1100. The number of hydrogen-bond acceptors (Lipinski definition) is 0. The predicted molar refractivity (Wildman–Crippen MR) is 188 cm³/mol. The van der Waals surface area contributed by atoms with Gasteiger partial charge in [-0.1, -0.05) is 156 Å². The fourth-order valence-corrected chi connectivity index (χ4v) is 4.14. The summed E-state index contributed by atoms with van der Waals surface area (Å²) in [4.78, 5) is 0. The van der Waals surface area contributed by atoms with Gasteiger partial charge in [0.1, 0.15) is 0 Å². The summed E-state index contributed by atoms with van der Waals surface area (Å²) in [7, 11) is 0. The summed E-state index contributed by atoms with van der Waals surface area (Å²) in [6.45, 7) is 36.4. The van der Waals surface area contributed by atoms with Crippen LogP contribution in [0.25, 0.3) is 11.1 Å². The first kappa shape index (κ1) is 39.3. The van der Waals surface area contributed by atoms with E-state index < -0.39 is 0 Å². The van der Waals surface area contributed by atoms with Crippen molar-refractivity contribution in [3.05, 3.63) is 119 Å². The van der Waals surface area contributed by atoms with Crippen LogP contribution in [-0.4, -0.2) is 0 Å². The van der Waals surface area contributed by atoms with E-state index in [1.54, 1.807) is 0 Å². The standard InChI is InChI=1S/C34H44.3C2H6/c1-11-13-20-28(12-2)29-22-23-32(34(9,10)33(6,7)8)31(24-29)27(5)17-14-15-21-30-25(3)18-16-19-26(30)4;3*1-2/h11-20,22-24H,2,21H2,1,3-10H3;3*1-2H3/b13-11-,15-14-,27-17+,28-20+;;;. The van der Waals surface area contributed by atoms with Gasteiger partial charge in [0.15, 0.2) is 0 Å². The Kier molecular flexibility index (Phi) is 19.7. The molecule has 0 nitrogen and oxygen atoms in total. The Morgan fingerprint density at radius 1 is 0.800 bits per heavy atom. The second-order valence-electron chi connectivity index (χ2n) is 10.8. The molecule has 40 heavy (non-hydrogen) atoms. The molecular formula is C40H62. The van der Waals surface area contributed by atoms with Crippen LogP contribution < -0.4 is 0 Å². The van der Waals surface area contributed by atoms with Crippen LogP contribution in [0.2, 0.25) is 0 Å². The van der Waals surface area contributed by atoms with Gasteiger partial charge in [-0.15, -0.1) is 0 Å². The van der Waals surface area contributed by atoms with Crippen molar-refractivity contribution in [2.24, 2.45) is 5.41 Å². The van der Waals surface area contributed by atoms with E-state index in [9.17, 15) is 0 Å². The van der Waals surface area contributed by atoms with E-state index in [2.05, 4.69) is 129 Å². The topological polar surface area (TPSA) is 0 Å². The van der Waals surface area contributed by atoms with Gasteiger partial charge >= 0.3 is 0 Å². The first-order valence-corrected chi connectivity index (χ1v) is 15.4. The minimum absolute atomic E-state index is 0.0132. The molecule has 0 radical (unpaired) electrons.